The van der Waals surface area contributed by atoms with Crippen LogP contribution in [0.1, 0.15) is 77.6 Å². The lowest BCUT2D eigenvalue weighted by Gasteiger charge is -2.19. The van der Waals surface area contributed by atoms with Crippen LogP contribution in [0.3, 0.4) is 0 Å². The number of rotatable bonds is 2. The fraction of sp³-hybridized carbons (Fsp3) is 1.00. The second-order valence-electron chi connectivity index (χ2n) is 5.19. The maximum Gasteiger partial charge on any atom is 0.0571 e. The van der Waals surface area contributed by atoms with Crippen molar-refractivity contribution in [3.8, 4) is 0 Å². The molecule has 0 radical (unpaired) electrons. The lowest BCUT2D eigenvalue weighted by molar-refractivity contribution is 0.0710. The summed E-state index contributed by atoms with van der Waals surface area (Å²) >= 11 is 0. The Hall–Kier alpha value is -0.0800. The van der Waals surface area contributed by atoms with Crippen molar-refractivity contribution in [1.29, 1.82) is 0 Å². The van der Waals surface area contributed by atoms with Gasteiger partial charge in [-0.25, -0.2) is 0 Å². The third-order valence-electron chi connectivity index (χ3n) is 3.67. The number of hydrogen-bond acceptors (Lipinski definition) is 2. The highest BCUT2D eigenvalue weighted by Gasteiger charge is 2.10. The van der Waals surface area contributed by atoms with Crippen LogP contribution in [-0.4, -0.2) is 26.9 Å². The van der Waals surface area contributed by atoms with Gasteiger partial charge in [0.25, 0.3) is 0 Å². The topological polar surface area (TPSA) is 18.5 Å². The highest BCUT2D eigenvalue weighted by atomic mass is 16.5. The van der Waals surface area contributed by atoms with Gasteiger partial charge < -0.3 is 9.47 Å². The van der Waals surface area contributed by atoms with E-state index >= 15 is 0 Å². The summed E-state index contributed by atoms with van der Waals surface area (Å²) in [5.74, 6) is 0. The van der Waals surface area contributed by atoms with Gasteiger partial charge in [-0.05, 0) is 19.8 Å². The van der Waals surface area contributed by atoms with E-state index < -0.39 is 0 Å². The number of hydrogen-bond donors (Lipinski definition) is 0. The molecule has 0 heterocycles. The van der Waals surface area contributed by atoms with Gasteiger partial charge >= 0.3 is 0 Å². The first-order valence-electron chi connectivity index (χ1n) is 7.86. The minimum absolute atomic E-state index is 0.587. The number of methoxy groups -OCH3 is 2. The first-order chi connectivity index (χ1) is 8.85. The first kappa shape index (κ1) is 17.9. The van der Waals surface area contributed by atoms with E-state index in [1.807, 2.05) is 14.0 Å². The van der Waals surface area contributed by atoms with Crippen molar-refractivity contribution in [2.75, 3.05) is 20.8 Å². The summed E-state index contributed by atoms with van der Waals surface area (Å²) in [6.07, 6.45) is 16.3. The third-order valence-corrected chi connectivity index (χ3v) is 3.67. The summed E-state index contributed by atoms with van der Waals surface area (Å²) in [5, 5.41) is 0. The summed E-state index contributed by atoms with van der Waals surface area (Å²) in [6.45, 7) is 2.78. The molecule has 0 atom stereocenters. The summed E-state index contributed by atoms with van der Waals surface area (Å²) in [6, 6.07) is 0. The van der Waals surface area contributed by atoms with Gasteiger partial charge in [-0.2, -0.15) is 0 Å². The normalized spacial score (nSPS) is 20.2. The molecule has 0 aromatic rings. The van der Waals surface area contributed by atoms with Crippen molar-refractivity contribution in [2.45, 2.75) is 83.7 Å². The molecule has 18 heavy (non-hydrogen) atoms. The molecule has 2 fully saturated rings. The lowest BCUT2D eigenvalue weighted by atomic mass is 9.98. The minimum Gasteiger partial charge on any atom is -0.385 e. The Labute approximate surface area is 114 Å². The van der Waals surface area contributed by atoms with E-state index in [-0.39, 0.29) is 0 Å². The molecule has 0 unspecified atom stereocenters. The van der Waals surface area contributed by atoms with Crippen LogP contribution in [0.2, 0.25) is 0 Å². The summed E-state index contributed by atoms with van der Waals surface area (Å²) in [5.41, 5.74) is 0. The molecule has 0 bridgehead atoms. The Morgan fingerprint density at radius 3 is 1.28 bits per heavy atom. The molecule has 2 aliphatic carbocycles. The molecule has 2 rings (SSSR count). The maximum absolute atomic E-state index is 5.19. The predicted molar refractivity (Wildman–Crippen MR) is 79.1 cm³/mol. The van der Waals surface area contributed by atoms with E-state index in [2.05, 4.69) is 4.74 Å². The maximum atomic E-state index is 5.19. The lowest BCUT2D eigenvalue weighted by Crippen LogP contribution is -2.13. The van der Waals surface area contributed by atoms with Crippen LogP contribution >= 0.6 is 0 Å². The second kappa shape index (κ2) is 15.0. The molecular formula is C16H34O2. The summed E-state index contributed by atoms with van der Waals surface area (Å²) < 4.78 is 9.73. The van der Waals surface area contributed by atoms with Crippen molar-refractivity contribution in [1.82, 2.24) is 0 Å². The predicted octanol–water partition coefficient (Wildman–Crippen LogP) is 4.96. The zero-order valence-electron chi connectivity index (χ0n) is 12.9. The van der Waals surface area contributed by atoms with E-state index in [1.165, 1.54) is 70.6 Å². The Bertz CT molecular complexity index is 125. The Balaban J connectivity index is 0.000000257. The zero-order chi connectivity index (χ0) is 13.5. The van der Waals surface area contributed by atoms with Gasteiger partial charge in [-0.3, -0.25) is 0 Å². The van der Waals surface area contributed by atoms with Crippen molar-refractivity contribution in [3.05, 3.63) is 0 Å². The highest BCUT2D eigenvalue weighted by molar-refractivity contribution is 4.63. The largest absolute Gasteiger partial charge is 0.385 e. The zero-order valence-corrected chi connectivity index (χ0v) is 12.9. The van der Waals surface area contributed by atoms with Crippen LogP contribution < -0.4 is 0 Å². The molecular weight excluding hydrogens is 224 g/mol. The molecule has 2 saturated carbocycles. The van der Waals surface area contributed by atoms with Crippen molar-refractivity contribution in [2.24, 2.45) is 0 Å². The van der Waals surface area contributed by atoms with E-state index in [1.54, 1.807) is 7.11 Å². The molecule has 0 aromatic carbocycles. The molecule has 0 aliphatic heterocycles. The summed E-state index contributed by atoms with van der Waals surface area (Å²) in [7, 11) is 3.50. The molecule has 0 N–H and O–H groups in total. The van der Waals surface area contributed by atoms with Gasteiger partial charge in [0.05, 0.1) is 6.10 Å². The molecule has 110 valence electrons. The Morgan fingerprint density at radius 1 is 0.722 bits per heavy atom. The van der Waals surface area contributed by atoms with Crippen LogP contribution in [0.15, 0.2) is 0 Å². The van der Waals surface area contributed by atoms with Gasteiger partial charge in [0, 0.05) is 20.8 Å². The minimum atomic E-state index is 0.587. The van der Waals surface area contributed by atoms with E-state index in [4.69, 9.17) is 4.74 Å². The molecule has 2 aliphatic rings. The third kappa shape index (κ3) is 12.4. The first-order valence-corrected chi connectivity index (χ1v) is 7.86. The van der Waals surface area contributed by atoms with Crippen LogP contribution in [0.25, 0.3) is 0 Å². The van der Waals surface area contributed by atoms with Crippen molar-refractivity contribution >= 4 is 0 Å². The highest BCUT2D eigenvalue weighted by Crippen LogP contribution is 2.19. The molecule has 2 heteroatoms. The van der Waals surface area contributed by atoms with E-state index in [0.717, 1.165) is 6.61 Å². The van der Waals surface area contributed by atoms with Crippen LogP contribution in [0.5, 0.6) is 0 Å². The van der Waals surface area contributed by atoms with Gasteiger partial charge in [0.2, 0.25) is 0 Å². The van der Waals surface area contributed by atoms with E-state index in [9.17, 15) is 0 Å². The van der Waals surface area contributed by atoms with Gasteiger partial charge in [-0.1, -0.05) is 57.8 Å². The molecule has 0 saturated heterocycles. The fourth-order valence-corrected chi connectivity index (χ4v) is 2.36. The SMILES string of the molecule is C1CCCCC1.CCOC.COC1CCCCC1. The Kier molecular flexibility index (Phi) is 14.9. The quantitative estimate of drug-likeness (QED) is 0.697. The van der Waals surface area contributed by atoms with Crippen molar-refractivity contribution < 1.29 is 9.47 Å². The van der Waals surface area contributed by atoms with E-state index in [0.29, 0.717) is 6.10 Å². The van der Waals surface area contributed by atoms with Gasteiger partial charge in [0.1, 0.15) is 0 Å². The number of ether oxygens (including phenoxy) is 2. The van der Waals surface area contributed by atoms with Crippen LogP contribution in [0.4, 0.5) is 0 Å². The smallest absolute Gasteiger partial charge is 0.0571 e. The average Bonchev–Trinajstić information content (AvgIpc) is 2.51. The monoisotopic (exact) mass is 258 g/mol. The molecule has 0 aromatic heterocycles. The van der Waals surface area contributed by atoms with Crippen LogP contribution in [-0.2, 0) is 9.47 Å². The van der Waals surface area contributed by atoms with Crippen molar-refractivity contribution in [3.63, 3.8) is 0 Å². The average molecular weight is 258 g/mol. The van der Waals surface area contributed by atoms with Gasteiger partial charge in [-0.15, -0.1) is 0 Å². The fourth-order valence-electron chi connectivity index (χ4n) is 2.36. The molecule has 2 nitrogen and oxygen atoms in total. The van der Waals surface area contributed by atoms with Gasteiger partial charge in [0.15, 0.2) is 0 Å². The molecule has 0 amide bonds. The second-order valence-corrected chi connectivity index (χ2v) is 5.19. The van der Waals surface area contributed by atoms with Crippen LogP contribution in [0, 0.1) is 0 Å². The standard InChI is InChI=1S/C7H14O.C6H12.C3H8O/c1-8-7-5-3-2-4-6-7;1-2-4-6-5-3-1;1-3-4-2/h7H,2-6H2,1H3;1-6H2;3H2,1-2H3. The molecule has 0 spiro atoms. The Morgan fingerprint density at radius 2 is 1.06 bits per heavy atom. The summed E-state index contributed by atoms with van der Waals surface area (Å²) in [4.78, 5) is 0.